The number of rotatable bonds is 6. The Labute approximate surface area is 162 Å². The summed E-state index contributed by atoms with van der Waals surface area (Å²) >= 11 is 0. The highest BCUT2D eigenvalue weighted by Crippen LogP contribution is 2.10. The van der Waals surface area contributed by atoms with E-state index in [1.807, 2.05) is 15.9 Å². The molecule has 0 saturated carbocycles. The van der Waals surface area contributed by atoms with Gasteiger partial charge in [-0.05, 0) is 31.2 Å². The molecule has 2 fully saturated rings. The third-order valence-corrected chi connectivity index (χ3v) is 5.54. The molecule has 0 atom stereocenters. The zero-order valence-electron chi connectivity index (χ0n) is 16.2. The molecule has 0 unspecified atom stereocenters. The Morgan fingerprint density at radius 2 is 1.56 bits per heavy atom. The Bertz CT molecular complexity index is 593. The van der Waals surface area contributed by atoms with Crippen LogP contribution < -0.4 is 5.32 Å². The van der Waals surface area contributed by atoms with Gasteiger partial charge in [-0.3, -0.25) is 9.69 Å². The molecule has 2 aliphatic heterocycles. The second-order valence-corrected chi connectivity index (χ2v) is 7.49. The van der Waals surface area contributed by atoms with Gasteiger partial charge in [-0.15, -0.1) is 0 Å². The lowest BCUT2D eigenvalue weighted by Crippen LogP contribution is -2.52. The predicted molar refractivity (Wildman–Crippen MR) is 107 cm³/mol. The third-order valence-electron chi connectivity index (χ3n) is 5.54. The van der Waals surface area contributed by atoms with Crippen LogP contribution in [-0.2, 0) is 11.2 Å². The normalized spacial score (nSPS) is 18.4. The van der Waals surface area contributed by atoms with E-state index in [1.54, 1.807) is 0 Å². The lowest BCUT2D eigenvalue weighted by Gasteiger charge is -2.34. The van der Waals surface area contributed by atoms with Gasteiger partial charge < -0.3 is 15.1 Å². The fourth-order valence-electron chi connectivity index (χ4n) is 3.80. The Kier molecular flexibility index (Phi) is 7.51. The van der Waals surface area contributed by atoms with E-state index >= 15 is 0 Å². The first-order chi connectivity index (χ1) is 13.2. The van der Waals surface area contributed by atoms with Gasteiger partial charge in [-0.1, -0.05) is 30.3 Å². The van der Waals surface area contributed by atoms with Crippen molar-refractivity contribution >= 4 is 11.9 Å². The van der Waals surface area contributed by atoms with Crippen molar-refractivity contribution in [3.63, 3.8) is 0 Å². The van der Waals surface area contributed by atoms with Crippen LogP contribution in [0.5, 0.6) is 0 Å². The van der Waals surface area contributed by atoms with Crippen molar-refractivity contribution < 1.29 is 9.59 Å². The Morgan fingerprint density at radius 1 is 0.852 bits per heavy atom. The molecule has 1 N–H and O–H groups in total. The van der Waals surface area contributed by atoms with E-state index in [-0.39, 0.29) is 11.9 Å². The van der Waals surface area contributed by atoms with Crippen LogP contribution in [0.2, 0.25) is 0 Å². The van der Waals surface area contributed by atoms with Crippen LogP contribution in [0.4, 0.5) is 4.79 Å². The second-order valence-electron chi connectivity index (χ2n) is 7.49. The van der Waals surface area contributed by atoms with Gasteiger partial charge in [0.2, 0.25) is 5.91 Å². The second kappa shape index (κ2) is 10.3. The van der Waals surface area contributed by atoms with Crippen LogP contribution in [0, 0.1) is 0 Å². The van der Waals surface area contributed by atoms with Crippen molar-refractivity contribution in [2.75, 3.05) is 52.4 Å². The number of piperidine rings is 1. The average Bonchev–Trinajstić information content (AvgIpc) is 2.74. The molecule has 27 heavy (non-hydrogen) atoms. The van der Waals surface area contributed by atoms with E-state index in [9.17, 15) is 9.59 Å². The maximum atomic E-state index is 12.3. The van der Waals surface area contributed by atoms with E-state index in [0.717, 1.165) is 65.1 Å². The zero-order valence-corrected chi connectivity index (χ0v) is 16.2. The first-order valence-electron chi connectivity index (χ1n) is 10.3. The average molecular weight is 373 g/mol. The van der Waals surface area contributed by atoms with Crippen LogP contribution in [0.15, 0.2) is 30.3 Å². The maximum Gasteiger partial charge on any atom is 0.317 e. The Morgan fingerprint density at radius 3 is 2.26 bits per heavy atom. The highest BCUT2D eigenvalue weighted by atomic mass is 16.2. The number of carbonyl (C=O) groups is 2. The van der Waals surface area contributed by atoms with Gasteiger partial charge in [0.25, 0.3) is 0 Å². The van der Waals surface area contributed by atoms with Crippen molar-refractivity contribution in [3.05, 3.63) is 35.9 Å². The molecule has 0 aromatic heterocycles. The quantitative estimate of drug-likeness (QED) is 0.831. The van der Waals surface area contributed by atoms with Crippen LogP contribution in [0.3, 0.4) is 0 Å². The highest BCUT2D eigenvalue weighted by Gasteiger charge is 2.21. The van der Waals surface area contributed by atoms with Gasteiger partial charge in [0, 0.05) is 58.8 Å². The molecule has 0 radical (unpaired) electrons. The van der Waals surface area contributed by atoms with Gasteiger partial charge >= 0.3 is 6.03 Å². The van der Waals surface area contributed by atoms with Crippen molar-refractivity contribution in [1.29, 1.82) is 0 Å². The number of hydrogen-bond acceptors (Lipinski definition) is 3. The molecule has 2 saturated heterocycles. The first-order valence-corrected chi connectivity index (χ1v) is 10.3. The lowest BCUT2D eigenvalue weighted by molar-refractivity contribution is -0.131. The molecule has 3 amide bonds. The van der Waals surface area contributed by atoms with Crippen LogP contribution >= 0.6 is 0 Å². The fourth-order valence-corrected chi connectivity index (χ4v) is 3.80. The molecule has 3 rings (SSSR count). The number of piperazine rings is 1. The number of urea groups is 1. The number of nitrogens with zero attached hydrogens (tertiary/aromatic N) is 3. The summed E-state index contributed by atoms with van der Waals surface area (Å²) in [5.74, 6) is 0.167. The van der Waals surface area contributed by atoms with Gasteiger partial charge in [0.15, 0.2) is 0 Å². The van der Waals surface area contributed by atoms with Crippen molar-refractivity contribution in [2.45, 2.75) is 32.1 Å². The number of nitrogens with one attached hydrogen (secondary N) is 1. The topological polar surface area (TPSA) is 55.9 Å². The monoisotopic (exact) mass is 372 g/mol. The number of likely N-dealkylation sites (tertiary alicyclic amines) is 1. The summed E-state index contributed by atoms with van der Waals surface area (Å²) in [4.78, 5) is 30.7. The number of hydrogen-bond donors (Lipinski definition) is 1. The number of benzene rings is 1. The van der Waals surface area contributed by atoms with Crippen LogP contribution in [0.25, 0.3) is 0 Å². The van der Waals surface area contributed by atoms with Crippen molar-refractivity contribution in [1.82, 2.24) is 20.0 Å². The van der Waals surface area contributed by atoms with Gasteiger partial charge in [0.05, 0.1) is 0 Å². The summed E-state index contributed by atoms with van der Waals surface area (Å²) in [6.07, 6.45) is 4.88. The molecule has 6 heteroatoms. The van der Waals surface area contributed by atoms with E-state index < -0.39 is 0 Å². The summed E-state index contributed by atoms with van der Waals surface area (Å²) in [5.41, 5.74) is 1.36. The summed E-state index contributed by atoms with van der Waals surface area (Å²) in [6.45, 7) is 6.53. The number of carbonyl (C=O) groups excluding carboxylic acids is 2. The smallest absolute Gasteiger partial charge is 0.317 e. The first kappa shape index (κ1) is 19.7. The van der Waals surface area contributed by atoms with E-state index in [4.69, 9.17) is 0 Å². The summed E-state index contributed by atoms with van der Waals surface area (Å²) < 4.78 is 0. The van der Waals surface area contributed by atoms with Crippen molar-refractivity contribution in [3.8, 4) is 0 Å². The SMILES string of the molecule is O=C(CCNC(=O)N1CCN(CCc2ccccc2)CC1)N1CCCCC1. The molecule has 2 aliphatic rings. The van der Waals surface area contributed by atoms with Crippen LogP contribution in [-0.4, -0.2) is 79.0 Å². The molecular formula is C21H32N4O2. The molecular weight excluding hydrogens is 340 g/mol. The predicted octanol–water partition coefficient (Wildman–Crippen LogP) is 1.96. The highest BCUT2D eigenvalue weighted by molar-refractivity contribution is 5.78. The Balaban J connectivity index is 1.29. The largest absolute Gasteiger partial charge is 0.343 e. The van der Waals surface area contributed by atoms with Crippen LogP contribution in [0.1, 0.15) is 31.2 Å². The molecule has 0 spiro atoms. The standard InChI is InChI=1S/C21H32N4O2/c26-20(24-12-5-2-6-13-24)9-11-22-21(27)25-17-15-23(16-18-25)14-10-19-7-3-1-4-8-19/h1,3-4,7-8H,2,5-6,9-18H2,(H,22,27). The van der Waals surface area contributed by atoms with E-state index in [0.29, 0.717) is 13.0 Å². The van der Waals surface area contributed by atoms with Gasteiger partial charge in [-0.25, -0.2) is 4.79 Å². The summed E-state index contributed by atoms with van der Waals surface area (Å²) in [5, 5.41) is 2.92. The molecule has 1 aromatic rings. The summed E-state index contributed by atoms with van der Waals surface area (Å²) in [6, 6.07) is 10.5. The molecule has 0 aliphatic carbocycles. The minimum Gasteiger partial charge on any atom is -0.343 e. The summed E-state index contributed by atoms with van der Waals surface area (Å²) in [7, 11) is 0. The van der Waals surface area contributed by atoms with E-state index in [2.05, 4.69) is 34.5 Å². The molecule has 2 heterocycles. The number of amides is 3. The molecule has 148 valence electrons. The maximum absolute atomic E-state index is 12.3. The third kappa shape index (κ3) is 6.24. The molecule has 0 bridgehead atoms. The molecule has 6 nitrogen and oxygen atoms in total. The van der Waals surface area contributed by atoms with Crippen molar-refractivity contribution in [2.24, 2.45) is 0 Å². The van der Waals surface area contributed by atoms with Gasteiger partial charge in [-0.2, -0.15) is 0 Å². The zero-order chi connectivity index (χ0) is 18.9. The van der Waals surface area contributed by atoms with Gasteiger partial charge in [0.1, 0.15) is 0 Å². The molecule has 1 aromatic carbocycles. The minimum atomic E-state index is -0.0378. The lowest BCUT2D eigenvalue weighted by atomic mass is 10.1. The van der Waals surface area contributed by atoms with E-state index in [1.165, 1.54) is 12.0 Å². The fraction of sp³-hybridized carbons (Fsp3) is 0.619. The Hall–Kier alpha value is -2.08. The minimum absolute atomic E-state index is 0.0378.